The smallest absolute Gasteiger partial charge is 0.335 e. The van der Waals surface area contributed by atoms with Crippen molar-refractivity contribution in [1.82, 2.24) is 4.57 Å². The number of nitrogens with zero attached hydrogens (tertiary/aromatic N) is 2. The van der Waals surface area contributed by atoms with Gasteiger partial charge in [0.05, 0.1) is 16.9 Å². The average molecular weight is 354 g/mol. The van der Waals surface area contributed by atoms with Crippen molar-refractivity contribution >= 4 is 23.0 Å². The van der Waals surface area contributed by atoms with Gasteiger partial charge in [0, 0.05) is 17.5 Å². The number of hydrogen-bond acceptors (Lipinski definition) is 4. The Morgan fingerprint density at radius 2 is 1.92 bits per heavy atom. The van der Waals surface area contributed by atoms with Gasteiger partial charge in [0.1, 0.15) is 5.75 Å². The van der Waals surface area contributed by atoms with Gasteiger partial charge in [-0.2, -0.15) is 0 Å². The van der Waals surface area contributed by atoms with Gasteiger partial charge in [0.25, 0.3) is 0 Å². The summed E-state index contributed by atoms with van der Waals surface area (Å²) >= 11 is 1.48. The molecule has 0 atom stereocenters. The minimum atomic E-state index is -0.955. The number of carbonyl (C=O) groups is 1. The zero-order valence-electron chi connectivity index (χ0n) is 13.9. The third kappa shape index (κ3) is 3.49. The van der Waals surface area contributed by atoms with Crippen molar-refractivity contribution in [2.45, 2.75) is 20.4 Å². The summed E-state index contributed by atoms with van der Waals surface area (Å²) in [5.41, 5.74) is 3.69. The molecule has 0 fully saturated rings. The highest BCUT2D eigenvalue weighted by atomic mass is 32.1. The summed E-state index contributed by atoms with van der Waals surface area (Å²) in [5, 5.41) is 21.1. The number of rotatable bonds is 4. The molecule has 3 rings (SSSR count). The molecule has 0 saturated heterocycles. The normalized spacial score (nSPS) is 11.7. The Labute approximate surface area is 149 Å². The molecule has 1 aromatic heterocycles. The fourth-order valence-corrected chi connectivity index (χ4v) is 3.57. The van der Waals surface area contributed by atoms with Gasteiger partial charge >= 0.3 is 5.97 Å². The first-order chi connectivity index (χ1) is 12.0. The van der Waals surface area contributed by atoms with Crippen molar-refractivity contribution in [2.24, 2.45) is 4.99 Å². The van der Waals surface area contributed by atoms with E-state index in [0.717, 1.165) is 21.6 Å². The second-order valence-corrected chi connectivity index (χ2v) is 6.47. The lowest BCUT2D eigenvalue weighted by Gasteiger charge is -2.09. The van der Waals surface area contributed by atoms with Crippen molar-refractivity contribution in [3.8, 4) is 17.0 Å². The summed E-state index contributed by atoms with van der Waals surface area (Å²) in [6.45, 7) is 4.72. The van der Waals surface area contributed by atoms with Crippen LogP contribution in [0.4, 0.5) is 5.69 Å². The molecular weight excluding hydrogens is 336 g/mol. The number of phenolic OH excluding ortho intramolecular Hbond substituents is 1. The predicted octanol–water partition coefficient (Wildman–Crippen LogP) is 4.18. The number of aromatic carboxylic acids is 1. The minimum Gasteiger partial charge on any atom is -0.507 e. The lowest BCUT2D eigenvalue weighted by Crippen LogP contribution is -2.14. The number of hydrogen-bond donors (Lipinski definition) is 2. The van der Waals surface area contributed by atoms with E-state index in [4.69, 9.17) is 5.11 Å². The molecule has 0 bridgehead atoms. The van der Waals surface area contributed by atoms with Crippen molar-refractivity contribution < 1.29 is 15.0 Å². The van der Waals surface area contributed by atoms with Crippen molar-refractivity contribution in [2.75, 3.05) is 0 Å². The number of phenols is 1. The summed E-state index contributed by atoms with van der Waals surface area (Å²) in [6, 6.07) is 12.0. The first kappa shape index (κ1) is 17.0. The molecule has 0 aliphatic heterocycles. The molecular formula is C19H18N2O3S. The monoisotopic (exact) mass is 354 g/mol. The van der Waals surface area contributed by atoms with E-state index >= 15 is 0 Å². The van der Waals surface area contributed by atoms with Crippen LogP contribution < -0.4 is 4.80 Å². The van der Waals surface area contributed by atoms with Crippen LogP contribution in [0.3, 0.4) is 0 Å². The third-order valence-electron chi connectivity index (χ3n) is 3.88. The van der Waals surface area contributed by atoms with Crippen LogP contribution in [-0.2, 0) is 6.54 Å². The molecule has 0 aliphatic rings. The van der Waals surface area contributed by atoms with Crippen LogP contribution in [0.5, 0.6) is 5.75 Å². The van der Waals surface area contributed by atoms with Gasteiger partial charge in [-0.3, -0.25) is 0 Å². The van der Waals surface area contributed by atoms with Crippen LogP contribution in [0.2, 0.25) is 0 Å². The number of carboxylic acid groups (broad SMARTS) is 1. The molecule has 0 aliphatic carbocycles. The molecule has 6 heteroatoms. The molecule has 3 aromatic rings. The molecule has 0 spiro atoms. The molecule has 2 N–H and O–H groups in total. The van der Waals surface area contributed by atoms with E-state index in [1.165, 1.54) is 11.3 Å². The molecule has 0 amide bonds. The van der Waals surface area contributed by atoms with Crippen LogP contribution in [0, 0.1) is 6.92 Å². The van der Waals surface area contributed by atoms with Crippen molar-refractivity contribution in [1.29, 1.82) is 0 Å². The SMILES string of the molecule is CCn1c(-c2cc(C)ccc2O)csc1=Nc1ccc(C(=O)O)cc1. The van der Waals surface area contributed by atoms with E-state index in [2.05, 4.69) is 4.99 Å². The number of aromatic hydroxyl groups is 1. The van der Waals surface area contributed by atoms with Gasteiger partial charge < -0.3 is 14.8 Å². The topological polar surface area (TPSA) is 74.8 Å². The van der Waals surface area contributed by atoms with Gasteiger partial charge in [-0.1, -0.05) is 11.6 Å². The first-order valence-electron chi connectivity index (χ1n) is 7.86. The summed E-state index contributed by atoms with van der Waals surface area (Å²) in [7, 11) is 0. The maximum absolute atomic E-state index is 10.9. The first-order valence-corrected chi connectivity index (χ1v) is 8.74. The lowest BCUT2D eigenvalue weighted by atomic mass is 10.1. The molecule has 0 radical (unpaired) electrons. The van der Waals surface area contributed by atoms with E-state index in [-0.39, 0.29) is 11.3 Å². The van der Waals surface area contributed by atoms with Gasteiger partial charge in [-0.25, -0.2) is 9.79 Å². The Balaban J connectivity index is 2.08. The predicted molar refractivity (Wildman–Crippen MR) is 98.4 cm³/mol. The van der Waals surface area contributed by atoms with E-state index in [1.807, 2.05) is 35.9 Å². The Bertz CT molecular complexity index is 985. The van der Waals surface area contributed by atoms with Crippen molar-refractivity contribution in [3.63, 3.8) is 0 Å². The third-order valence-corrected chi connectivity index (χ3v) is 4.74. The minimum absolute atomic E-state index is 0.235. The van der Waals surface area contributed by atoms with E-state index in [0.29, 0.717) is 12.2 Å². The van der Waals surface area contributed by atoms with Crippen LogP contribution >= 0.6 is 11.3 Å². The van der Waals surface area contributed by atoms with Crippen LogP contribution in [0.15, 0.2) is 52.8 Å². The second kappa shape index (κ2) is 6.94. The quantitative estimate of drug-likeness (QED) is 0.738. The molecule has 5 nitrogen and oxygen atoms in total. The molecule has 25 heavy (non-hydrogen) atoms. The van der Waals surface area contributed by atoms with Gasteiger partial charge in [-0.15, -0.1) is 11.3 Å². The highest BCUT2D eigenvalue weighted by Crippen LogP contribution is 2.30. The number of thiazole rings is 1. The summed E-state index contributed by atoms with van der Waals surface area (Å²) < 4.78 is 2.03. The Hall–Kier alpha value is -2.86. The average Bonchev–Trinajstić information content (AvgIpc) is 3.00. The van der Waals surface area contributed by atoms with Crippen LogP contribution in [0.1, 0.15) is 22.8 Å². The summed E-state index contributed by atoms with van der Waals surface area (Å²) in [6.07, 6.45) is 0. The molecule has 1 heterocycles. The highest BCUT2D eigenvalue weighted by Gasteiger charge is 2.11. The standard InChI is InChI=1S/C19H18N2O3S/c1-3-21-16(15-10-12(2)4-9-17(15)22)11-25-19(21)20-14-7-5-13(6-8-14)18(23)24/h4-11,22H,3H2,1-2H3,(H,23,24). The maximum atomic E-state index is 10.9. The number of carboxylic acids is 1. The van der Waals surface area contributed by atoms with Gasteiger partial charge in [0.2, 0.25) is 0 Å². The van der Waals surface area contributed by atoms with E-state index in [9.17, 15) is 9.90 Å². The summed E-state index contributed by atoms with van der Waals surface area (Å²) in [5.74, 6) is -0.716. The van der Waals surface area contributed by atoms with Crippen molar-refractivity contribution in [3.05, 3.63) is 63.8 Å². The largest absolute Gasteiger partial charge is 0.507 e. The van der Waals surface area contributed by atoms with Crippen LogP contribution in [0.25, 0.3) is 11.3 Å². The number of aryl methyl sites for hydroxylation is 1. The second-order valence-electron chi connectivity index (χ2n) is 5.63. The summed E-state index contributed by atoms with van der Waals surface area (Å²) in [4.78, 5) is 16.3. The molecule has 128 valence electrons. The molecule has 0 unspecified atom stereocenters. The Kier molecular flexibility index (Phi) is 4.72. The zero-order chi connectivity index (χ0) is 18.0. The van der Waals surface area contributed by atoms with Gasteiger partial charge in [-0.05, 0) is 50.2 Å². The number of aromatic nitrogens is 1. The molecule has 0 saturated carbocycles. The van der Waals surface area contributed by atoms with E-state index < -0.39 is 5.97 Å². The fraction of sp³-hybridized carbons (Fsp3) is 0.158. The van der Waals surface area contributed by atoms with Gasteiger partial charge in [0.15, 0.2) is 4.80 Å². The van der Waals surface area contributed by atoms with E-state index in [1.54, 1.807) is 30.3 Å². The Morgan fingerprint density at radius 1 is 1.20 bits per heavy atom. The molecule has 2 aromatic carbocycles. The number of benzene rings is 2. The lowest BCUT2D eigenvalue weighted by molar-refractivity contribution is 0.0697. The highest BCUT2D eigenvalue weighted by molar-refractivity contribution is 7.07. The van der Waals surface area contributed by atoms with Crippen LogP contribution in [-0.4, -0.2) is 20.7 Å². The zero-order valence-corrected chi connectivity index (χ0v) is 14.7. The maximum Gasteiger partial charge on any atom is 0.335 e. The Morgan fingerprint density at radius 3 is 2.56 bits per heavy atom. The fourth-order valence-electron chi connectivity index (χ4n) is 2.58.